The minimum atomic E-state index is -3.43. The van der Waals surface area contributed by atoms with E-state index in [9.17, 15) is 13.2 Å². The number of carbonyl (C=O) groups excluding carboxylic acids is 1. The van der Waals surface area contributed by atoms with Gasteiger partial charge in [-0.2, -0.15) is 0 Å². The first-order valence-corrected chi connectivity index (χ1v) is 12.7. The quantitative estimate of drug-likeness (QED) is 0.474. The Morgan fingerprint density at radius 3 is 2.39 bits per heavy atom. The third-order valence-corrected chi connectivity index (χ3v) is 6.87. The first kappa shape index (κ1) is 22.9. The molecule has 1 N–H and O–H groups in total. The average Bonchev–Trinajstić information content (AvgIpc) is 2.72. The Bertz CT molecular complexity index is 1130. The number of aryl methyl sites for hydroxylation is 1. The third-order valence-electron chi connectivity index (χ3n) is 4.59. The van der Waals surface area contributed by atoms with E-state index >= 15 is 0 Å². The summed E-state index contributed by atoms with van der Waals surface area (Å²) in [6.07, 6.45) is 1.83. The van der Waals surface area contributed by atoms with Crippen molar-refractivity contribution in [3.63, 3.8) is 0 Å². The maximum absolute atomic E-state index is 12.6. The number of sulfonamides is 1. The van der Waals surface area contributed by atoms with E-state index in [-0.39, 0.29) is 18.9 Å². The Kier molecular flexibility index (Phi) is 7.76. The number of nitrogens with one attached hydrogen (secondary N) is 1. The van der Waals surface area contributed by atoms with Gasteiger partial charge in [0.25, 0.3) is 0 Å². The van der Waals surface area contributed by atoms with Crippen LogP contribution in [-0.2, 0) is 14.8 Å². The number of carbonyl (C=O) groups is 1. The van der Waals surface area contributed by atoms with Crippen molar-refractivity contribution in [3.05, 3.63) is 84.4 Å². The molecule has 5 nitrogen and oxygen atoms in total. The number of hydrogen-bond acceptors (Lipinski definition) is 4. The number of para-hydroxylation sites is 1. The summed E-state index contributed by atoms with van der Waals surface area (Å²) in [5.74, 6) is -0.140. The molecule has 0 unspecified atom stereocenters. The fourth-order valence-corrected chi connectivity index (χ4v) is 5.02. The molecule has 0 aromatic heterocycles. The van der Waals surface area contributed by atoms with Crippen LogP contribution in [0.2, 0.25) is 0 Å². The molecule has 0 bridgehead atoms. The van der Waals surface area contributed by atoms with Gasteiger partial charge in [0.2, 0.25) is 15.9 Å². The lowest BCUT2D eigenvalue weighted by molar-refractivity contribution is -0.116. The van der Waals surface area contributed by atoms with Gasteiger partial charge in [-0.25, -0.2) is 8.42 Å². The maximum Gasteiger partial charge on any atom is 0.232 e. The van der Waals surface area contributed by atoms with Crippen molar-refractivity contribution in [1.82, 2.24) is 0 Å². The highest BCUT2D eigenvalue weighted by atomic mass is 32.2. The molecule has 0 aliphatic carbocycles. The smallest absolute Gasteiger partial charge is 0.232 e. The first-order valence-electron chi connectivity index (χ1n) is 9.99. The number of rotatable bonds is 9. The van der Waals surface area contributed by atoms with Crippen LogP contribution >= 0.6 is 11.8 Å². The van der Waals surface area contributed by atoms with Crippen molar-refractivity contribution in [2.45, 2.75) is 29.6 Å². The van der Waals surface area contributed by atoms with Gasteiger partial charge in [0, 0.05) is 22.8 Å². The molecule has 0 saturated heterocycles. The topological polar surface area (TPSA) is 66.5 Å². The highest BCUT2D eigenvalue weighted by Crippen LogP contribution is 2.33. The van der Waals surface area contributed by atoms with Gasteiger partial charge >= 0.3 is 0 Å². The minimum Gasteiger partial charge on any atom is -0.325 e. The predicted octanol–water partition coefficient (Wildman–Crippen LogP) is 5.33. The molecule has 0 radical (unpaired) electrons. The molecule has 162 valence electrons. The van der Waals surface area contributed by atoms with Gasteiger partial charge in [-0.1, -0.05) is 54.2 Å². The van der Waals surface area contributed by atoms with Gasteiger partial charge in [0.1, 0.15) is 0 Å². The van der Waals surface area contributed by atoms with E-state index in [1.54, 1.807) is 17.8 Å². The zero-order valence-electron chi connectivity index (χ0n) is 17.6. The van der Waals surface area contributed by atoms with Gasteiger partial charge in [0.15, 0.2) is 0 Å². The lowest BCUT2D eigenvalue weighted by atomic mass is 10.2. The summed E-state index contributed by atoms with van der Waals surface area (Å²) in [4.78, 5) is 14.6. The zero-order valence-corrected chi connectivity index (χ0v) is 19.2. The SMILES string of the molecule is Cc1cccc(N(CCCC(=O)Nc2ccccc2Sc2ccccc2)S(C)(=O)=O)c1. The Labute approximate surface area is 188 Å². The molecule has 0 aliphatic rings. The van der Waals surface area contributed by atoms with Gasteiger partial charge in [0.05, 0.1) is 17.6 Å². The molecule has 1 amide bonds. The van der Waals surface area contributed by atoms with Crippen LogP contribution in [0, 0.1) is 6.92 Å². The normalized spacial score (nSPS) is 11.2. The molecular formula is C24H26N2O3S2. The monoisotopic (exact) mass is 454 g/mol. The molecule has 7 heteroatoms. The molecule has 3 aromatic carbocycles. The fourth-order valence-electron chi connectivity index (χ4n) is 3.14. The molecule has 31 heavy (non-hydrogen) atoms. The largest absolute Gasteiger partial charge is 0.325 e. The first-order chi connectivity index (χ1) is 14.8. The van der Waals surface area contributed by atoms with Crippen molar-refractivity contribution in [3.8, 4) is 0 Å². The molecule has 3 rings (SSSR count). The molecular weight excluding hydrogens is 428 g/mol. The summed E-state index contributed by atoms with van der Waals surface area (Å²) in [6, 6.07) is 25.0. The standard InChI is InChI=1S/C24H26N2O3S2/c1-19-10-8-11-20(18-19)26(31(2,28)29)17-9-16-24(27)25-22-14-6-7-15-23(22)30-21-12-4-3-5-13-21/h3-8,10-15,18H,9,16-17H2,1-2H3,(H,25,27). The number of benzene rings is 3. The van der Waals surface area contributed by atoms with E-state index in [2.05, 4.69) is 5.32 Å². The van der Waals surface area contributed by atoms with E-state index in [4.69, 9.17) is 0 Å². The summed E-state index contributed by atoms with van der Waals surface area (Å²) >= 11 is 1.58. The van der Waals surface area contributed by atoms with Gasteiger partial charge < -0.3 is 5.32 Å². The van der Waals surface area contributed by atoms with Crippen LogP contribution in [0.15, 0.2) is 88.7 Å². The second-order valence-electron chi connectivity index (χ2n) is 7.24. The van der Waals surface area contributed by atoms with Gasteiger partial charge in [-0.05, 0) is 55.3 Å². The van der Waals surface area contributed by atoms with Crippen LogP contribution in [0.1, 0.15) is 18.4 Å². The van der Waals surface area contributed by atoms with E-state index in [0.717, 1.165) is 21.0 Å². The number of anilines is 2. The van der Waals surface area contributed by atoms with Crippen molar-refractivity contribution in [2.24, 2.45) is 0 Å². The summed E-state index contributed by atoms with van der Waals surface area (Å²) in [7, 11) is -3.43. The lowest BCUT2D eigenvalue weighted by Gasteiger charge is -2.22. The van der Waals surface area contributed by atoms with Crippen LogP contribution in [0.3, 0.4) is 0 Å². The van der Waals surface area contributed by atoms with Crippen LogP contribution in [0.4, 0.5) is 11.4 Å². The van der Waals surface area contributed by atoms with Crippen LogP contribution in [0.25, 0.3) is 0 Å². The Morgan fingerprint density at radius 1 is 0.968 bits per heavy atom. The van der Waals surface area contributed by atoms with Gasteiger partial charge in [-0.3, -0.25) is 9.10 Å². The molecule has 0 heterocycles. The molecule has 0 atom stereocenters. The predicted molar refractivity (Wildman–Crippen MR) is 128 cm³/mol. The van der Waals surface area contributed by atoms with E-state index in [0.29, 0.717) is 12.1 Å². The number of nitrogens with zero attached hydrogens (tertiary/aromatic N) is 1. The van der Waals surface area contributed by atoms with E-state index in [1.165, 1.54) is 10.6 Å². The maximum atomic E-state index is 12.6. The second kappa shape index (κ2) is 10.5. The Morgan fingerprint density at radius 2 is 1.68 bits per heavy atom. The molecule has 3 aromatic rings. The molecule has 0 fully saturated rings. The fraction of sp³-hybridized carbons (Fsp3) is 0.208. The van der Waals surface area contributed by atoms with E-state index in [1.807, 2.05) is 79.7 Å². The molecule has 0 spiro atoms. The number of hydrogen-bond donors (Lipinski definition) is 1. The second-order valence-corrected chi connectivity index (χ2v) is 10.3. The Hall–Kier alpha value is -2.77. The van der Waals surface area contributed by atoms with Crippen molar-refractivity contribution in [1.29, 1.82) is 0 Å². The van der Waals surface area contributed by atoms with Gasteiger partial charge in [-0.15, -0.1) is 0 Å². The van der Waals surface area contributed by atoms with Crippen LogP contribution in [-0.4, -0.2) is 27.1 Å². The zero-order chi connectivity index (χ0) is 22.3. The summed E-state index contributed by atoms with van der Waals surface area (Å²) < 4.78 is 25.9. The summed E-state index contributed by atoms with van der Waals surface area (Å²) in [6.45, 7) is 2.17. The molecule has 0 aliphatic heterocycles. The van der Waals surface area contributed by atoms with Crippen LogP contribution < -0.4 is 9.62 Å². The van der Waals surface area contributed by atoms with Crippen LogP contribution in [0.5, 0.6) is 0 Å². The summed E-state index contributed by atoms with van der Waals surface area (Å²) in [5.41, 5.74) is 2.35. The minimum absolute atomic E-state index is 0.140. The molecule has 0 saturated carbocycles. The van der Waals surface area contributed by atoms with E-state index < -0.39 is 10.0 Å². The lowest BCUT2D eigenvalue weighted by Crippen LogP contribution is -2.31. The average molecular weight is 455 g/mol. The van der Waals surface area contributed by atoms with Crippen molar-refractivity contribution < 1.29 is 13.2 Å². The Balaban J connectivity index is 1.61. The van der Waals surface area contributed by atoms with Crippen molar-refractivity contribution >= 4 is 39.1 Å². The third kappa shape index (κ3) is 6.87. The van der Waals surface area contributed by atoms with Crippen molar-refractivity contribution in [2.75, 3.05) is 22.4 Å². The number of amides is 1. The summed E-state index contributed by atoms with van der Waals surface area (Å²) in [5, 5.41) is 2.96. The highest BCUT2D eigenvalue weighted by Gasteiger charge is 2.18. The highest BCUT2D eigenvalue weighted by molar-refractivity contribution is 7.99.